The monoisotopic (exact) mass is 1880 g/mol. The Kier molecular flexibility index (Phi) is 27.8. The molecule has 0 spiro atoms. The van der Waals surface area contributed by atoms with Gasteiger partial charge in [-0.05, 0) is 253 Å². The number of carbonyl (C=O) groups is 2. The fourth-order valence-electron chi connectivity index (χ4n) is 20.5. The summed E-state index contributed by atoms with van der Waals surface area (Å²) in [5.74, 6) is 0.338. The maximum atomic E-state index is 15.3. The zero-order valence-corrected chi connectivity index (χ0v) is 80.7. The van der Waals surface area contributed by atoms with Gasteiger partial charge in [-0.1, -0.05) is 244 Å². The molecule has 18 heteroatoms. The molecule has 18 nitrogen and oxygen atoms in total. The minimum atomic E-state index is -0.747. The molecule has 4 heterocycles. The molecule has 0 bridgehead atoms. The first-order valence-corrected chi connectivity index (χ1v) is 49.4. The summed E-state index contributed by atoms with van der Waals surface area (Å²) in [5, 5.41) is 32.7. The van der Waals surface area contributed by atoms with Gasteiger partial charge in [0.2, 0.25) is 0 Å². The number of carbonyl (C=O) groups excluding carboxylic acids is 2. The second-order valence-electron chi connectivity index (χ2n) is 37.9. The van der Waals surface area contributed by atoms with E-state index in [1.807, 2.05) is 135 Å². The van der Waals surface area contributed by atoms with Crippen LogP contribution < -0.4 is 19.3 Å². The number of hydrogen-bond donors (Lipinski definition) is 0. The summed E-state index contributed by atoms with van der Waals surface area (Å²) in [6, 6.07) is 127. The lowest BCUT2D eigenvalue weighted by Crippen LogP contribution is -2.37. The minimum absolute atomic E-state index is 0.0340. The van der Waals surface area contributed by atoms with E-state index < -0.39 is 39.4 Å². The van der Waals surface area contributed by atoms with Crippen molar-refractivity contribution in [2.75, 3.05) is 50.2 Å². The quantitative estimate of drug-likeness (QED) is 0.0153. The molecular formula is C125H112N8O10. The third-order valence-corrected chi connectivity index (χ3v) is 28.0. The number of esters is 2. The van der Waals surface area contributed by atoms with Gasteiger partial charge in [-0.2, -0.15) is 0 Å². The lowest BCUT2D eigenvalue weighted by Gasteiger charge is -2.28. The molecular weight excluding hydrogens is 1770 g/mol. The Labute approximate surface area is 831 Å². The molecule has 0 amide bonds. The summed E-state index contributed by atoms with van der Waals surface area (Å²) in [6.07, 6.45) is 12.6. The molecule has 0 saturated heterocycles. The summed E-state index contributed by atoms with van der Waals surface area (Å²) >= 11 is 0. The number of anilines is 2. The smallest absolute Gasteiger partial charge is 0.338 e. The van der Waals surface area contributed by atoms with Crippen LogP contribution in [0, 0.1) is 20.2 Å². The van der Waals surface area contributed by atoms with Gasteiger partial charge >= 0.3 is 11.9 Å². The highest BCUT2D eigenvalue weighted by Crippen LogP contribution is 2.39. The van der Waals surface area contributed by atoms with Crippen LogP contribution in [0.1, 0.15) is 116 Å². The second kappa shape index (κ2) is 42.5. The van der Waals surface area contributed by atoms with Crippen LogP contribution in [0.4, 0.5) is 22.7 Å². The van der Waals surface area contributed by atoms with Crippen molar-refractivity contribution < 1.29 is 38.4 Å². The Morgan fingerprint density at radius 1 is 0.315 bits per heavy atom. The van der Waals surface area contributed by atoms with Gasteiger partial charge < -0.3 is 47.0 Å². The highest BCUT2D eigenvalue weighted by atomic mass is 16.6. The lowest BCUT2D eigenvalue weighted by atomic mass is 9.78. The number of fused-ring (bicyclic) bond motifs is 12. The highest BCUT2D eigenvalue weighted by Gasteiger charge is 2.28. The number of ether oxygens (including phenoxy) is 4. The van der Waals surface area contributed by atoms with E-state index in [1.165, 1.54) is 111 Å². The van der Waals surface area contributed by atoms with E-state index in [0.29, 0.717) is 35.7 Å². The number of likely N-dealkylation sites (N-methyl/N-ethyl adjacent to an activating group) is 2. The first-order valence-electron chi connectivity index (χ1n) is 49.4. The number of non-ortho nitro benzene ring substituents is 2. The van der Waals surface area contributed by atoms with Crippen LogP contribution in [0.25, 0.3) is 112 Å². The molecule has 16 aromatic carbocycles. The number of aryl methyl sites for hydroxylation is 8. The van der Waals surface area contributed by atoms with Crippen LogP contribution in [0.15, 0.2) is 376 Å². The van der Waals surface area contributed by atoms with Crippen molar-refractivity contribution >= 4 is 146 Å². The van der Waals surface area contributed by atoms with Crippen molar-refractivity contribution in [1.82, 2.24) is 18.3 Å². The van der Waals surface area contributed by atoms with E-state index in [1.54, 1.807) is 24.3 Å². The summed E-state index contributed by atoms with van der Waals surface area (Å²) < 4.78 is 36.7. The second-order valence-corrected chi connectivity index (χ2v) is 37.9. The van der Waals surface area contributed by atoms with Gasteiger partial charge in [-0.15, -0.1) is 0 Å². The van der Waals surface area contributed by atoms with Crippen LogP contribution in [0.2, 0.25) is 0 Å². The van der Waals surface area contributed by atoms with E-state index in [4.69, 9.17) is 18.9 Å². The van der Waals surface area contributed by atoms with Crippen LogP contribution >= 0.6 is 0 Å². The molecule has 712 valence electrons. The predicted octanol–water partition coefficient (Wildman–Crippen LogP) is 28.6. The number of nitrogens with zero attached hydrogens (tertiary/aromatic N) is 8. The first-order chi connectivity index (χ1) is 69.9. The SMILES string of the molecule is CN(CC(COc1ccc(C(C)(C)c2ccc(OCC(CN(C)c3ccc(/C=C/c4ccc([N+](=O)[O-])cc4)cc3)OC(=O)c3cc(CCCn4c5ccccc5c5ccccc54)cc(CCCn4c5ccccc5c5ccccc54)c3)cc2)cc1)OC(=O)c1cc(CCCn2c3ccccc3c3ccccc32)cc(CCCn2c3ccccc3c3ccccc32)c1)c1ccc(/C=C/c2ccc([N+](=O)[O-])cc2)cc1. The Morgan fingerprint density at radius 2 is 0.545 bits per heavy atom. The fraction of sp³-hybridized carbons (Fsp3) is 0.184. The number of aromatic nitrogens is 4. The summed E-state index contributed by atoms with van der Waals surface area (Å²) in [5.41, 5.74) is 21.8. The minimum Gasteiger partial charge on any atom is -0.490 e. The number of nitro benzene ring substituents is 2. The van der Waals surface area contributed by atoms with E-state index in [0.717, 1.165) is 145 Å². The van der Waals surface area contributed by atoms with Crippen molar-refractivity contribution in [2.45, 2.75) is 109 Å². The van der Waals surface area contributed by atoms with Gasteiger partial charge in [0.05, 0.1) is 34.1 Å². The van der Waals surface area contributed by atoms with Crippen LogP contribution in [0.5, 0.6) is 11.5 Å². The average molecular weight is 1890 g/mol. The Bertz CT molecular complexity index is 7130. The highest BCUT2D eigenvalue weighted by molar-refractivity contribution is 6.11. The maximum Gasteiger partial charge on any atom is 0.338 e. The third kappa shape index (κ3) is 21.2. The summed E-state index contributed by atoms with van der Waals surface area (Å²) in [6.45, 7) is 8.21. The van der Waals surface area contributed by atoms with Crippen LogP contribution in [0.3, 0.4) is 0 Å². The third-order valence-electron chi connectivity index (χ3n) is 28.0. The number of nitro groups is 2. The summed E-state index contributed by atoms with van der Waals surface area (Å²) in [4.78, 5) is 56.8. The molecule has 0 aliphatic rings. The molecule has 2 unspecified atom stereocenters. The molecule has 2 atom stereocenters. The standard InChI is InChI=1S/C125H112N8O10/c1-125(2,97-57-69-103(70-58-97)140-85-105(83-126(3)99-61-49-87(50-62-99)45-47-89-53-65-101(66-54-89)132(136)137)142-123(134)95-79-91(25-21-73-128-115-37-13-5-29-107(115)108-30-6-14-38-116(108)128)77-92(80-95)26-22-74-129-117-39-15-7-31-109(117)110-32-8-16-40-118(110)129)98-59-71-104(72-60-98)141-86-106(84-127(4)100-63-51-88(52-64-100)46-48-90-55-67-102(68-56-90)133(138)139)143-124(135)96-81-93(27-23-75-130-119-41-17-9-33-111(119)112-34-10-18-42-120(112)130)78-94(82-96)28-24-76-131-121-43-19-11-35-113(121)114-36-12-20-44-122(114)131/h5-20,29-72,77-82,105-106H,21-28,73-76,83-86H2,1-4H3/b47-45+,48-46+. The average Bonchev–Trinajstić information content (AvgIpc) is 1.62. The van der Waals surface area contributed by atoms with Crippen molar-refractivity contribution in [3.63, 3.8) is 0 Å². The topological polar surface area (TPSA) is 184 Å². The number of benzene rings is 16. The zero-order valence-electron chi connectivity index (χ0n) is 80.7. The van der Waals surface area contributed by atoms with Crippen LogP contribution in [-0.4, -0.2) is 92.7 Å². The number of para-hydroxylation sites is 8. The number of rotatable bonds is 40. The molecule has 0 saturated carbocycles. The zero-order chi connectivity index (χ0) is 97.9. The van der Waals surface area contributed by atoms with Gasteiger partial charge in [0, 0.05) is 169 Å². The molecule has 0 N–H and O–H groups in total. The Hall–Kier alpha value is -16.9. The van der Waals surface area contributed by atoms with E-state index in [-0.39, 0.29) is 24.6 Å². The molecule has 0 radical (unpaired) electrons. The number of hydrogen-bond acceptors (Lipinski definition) is 12. The van der Waals surface area contributed by atoms with Crippen molar-refractivity contribution in [3.8, 4) is 11.5 Å². The predicted molar refractivity (Wildman–Crippen MR) is 582 cm³/mol. The van der Waals surface area contributed by atoms with Gasteiger partial charge in [0.25, 0.3) is 11.4 Å². The maximum absolute atomic E-state index is 15.3. The Morgan fingerprint density at radius 3 is 0.783 bits per heavy atom. The van der Waals surface area contributed by atoms with Gasteiger partial charge in [-0.3, -0.25) is 20.2 Å². The molecule has 20 rings (SSSR count). The van der Waals surface area contributed by atoms with Crippen molar-refractivity contribution in [3.05, 3.63) is 463 Å². The molecule has 0 fully saturated rings. The molecule has 0 aliphatic heterocycles. The van der Waals surface area contributed by atoms with Gasteiger partial charge in [0.1, 0.15) is 24.7 Å². The molecule has 0 aliphatic carbocycles. The van der Waals surface area contributed by atoms with E-state index in [2.05, 4.69) is 272 Å². The molecule has 4 aromatic heterocycles. The largest absolute Gasteiger partial charge is 0.490 e. The van der Waals surface area contributed by atoms with Crippen LogP contribution in [-0.2, 0) is 66.8 Å². The van der Waals surface area contributed by atoms with Crippen molar-refractivity contribution in [1.29, 1.82) is 0 Å². The normalized spacial score (nSPS) is 12.3. The lowest BCUT2D eigenvalue weighted by molar-refractivity contribution is -0.385. The van der Waals surface area contributed by atoms with Gasteiger partial charge in [-0.25, -0.2) is 9.59 Å². The van der Waals surface area contributed by atoms with Crippen molar-refractivity contribution in [2.24, 2.45) is 0 Å². The first kappa shape index (κ1) is 93.8. The van der Waals surface area contributed by atoms with E-state index in [9.17, 15) is 20.2 Å². The van der Waals surface area contributed by atoms with Gasteiger partial charge in [0.15, 0.2) is 12.2 Å². The summed E-state index contributed by atoms with van der Waals surface area (Å²) in [7, 11) is 3.97. The Balaban J connectivity index is 0.543. The van der Waals surface area contributed by atoms with E-state index >= 15 is 9.59 Å². The molecule has 20 aromatic rings. The fourth-order valence-corrected chi connectivity index (χ4v) is 20.5. The molecule has 143 heavy (non-hydrogen) atoms.